The summed E-state index contributed by atoms with van der Waals surface area (Å²) in [6.45, 7) is -0.00612. The molecule has 0 aromatic heterocycles. The zero-order chi connectivity index (χ0) is 18.6. The highest BCUT2D eigenvalue weighted by Crippen LogP contribution is 2.29. The van der Waals surface area contributed by atoms with E-state index in [1.165, 1.54) is 12.1 Å². The highest BCUT2D eigenvalue weighted by atomic mass is 19.4. The molecule has 136 valence electrons. The van der Waals surface area contributed by atoms with E-state index in [0.717, 1.165) is 24.3 Å². The molecule has 2 aromatic rings. The van der Waals surface area contributed by atoms with Crippen molar-refractivity contribution >= 4 is 0 Å². The Morgan fingerprint density at radius 1 is 1.08 bits per heavy atom. The summed E-state index contributed by atoms with van der Waals surface area (Å²) in [5.41, 5.74) is 5.31. The lowest BCUT2D eigenvalue weighted by molar-refractivity contribution is -0.137. The number of hydrogen-bond acceptors (Lipinski definition) is 3. The standard InChI is InChI=1S/C17H17F5N2O/c18-12-4-5-13(14(19)7-12)16(23)15(25)9-24-8-10-2-1-3-11(6-10)17(20,21)22/h1-7,15-16,24-25H,8-9,23H2/t15-,16+/m1/s1. The van der Waals surface area contributed by atoms with Gasteiger partial charge in [0.15, 0.2) is 0 Å². The molecule has 2 rings (SSSR count). The van der Waals surface area contributed by atoms with Gasteiger partial charge in [0.25, 0.3) is 0 Å². The summed E-state index contributed by atoms with van der Waals surface area (Å²) < 4.78 is 64.4. The minimum absolute atomic E-state index is 0.0465. The lowest BCUT2D eigenvalue weighted by Gasteiger charge is -2.20. The predicted octanol–water partition coefficient (Wildman–Crippen LogP) is 3.13. The number of aliphatic hydroxyl groups excluding tert-OH is 1. The first-order valence-corrected chi connectivity index (χ1v) is 7.44. The minimum Gasteiger partial charge on any atom is -0.390 e. The van der Waals surface area contributed by atoms with Gasteiger partial charge in [0, 0.05) is 24.7 Å². The molecule has 0 spiro atoms. The van der Waals surface area contributed by atoms with Crippen molar-refractivity contribution in [1.29, 1.82) is 0 Å². The van der Waals surface area contributed by atoms with Gasteiger partial charge in [-0.1, -0.05) is 24.3 Å². The van der Waals surface area contributed by atoms with Crippen molar-refractivity contribution in [2.75, 3.05) is 6.54 Å². The molecule has 0 radical (unpaired) electrons. The summed E-state index contributed by atoms with van der Waals surface area (Å²) in [7, 11) is 0. The van der Waals surface area contributed by atoms with E-state index in [1.54, 1.807) is 0 Å². The van der Waals surface area contributed by atoms with Crippen LogP contribution < -0.4 is 11.1 Å². The van der Waals surface area contributed by atoms with E-state index in [0.29, 0.717) is 11.6 Å². The Labute approximate surface area is 141 Å². The van der Waals surface area contributed by atoms with Gasteiger partial charge in [-0.15, -0.1) is 0 Å². The average molecular weight is 360 g/mol. The molecule has 2 aromatic carbocycles. The SMILES string of the molecule is N[C@@H](c1ccc(F)cc1F)[C@H](O)CNCc1cccc(C(F)(F)F)c1. The average Bonchev–Trinajstić information content (AvgIpc) is 2.53. The van der Waals surface area contributed by atoms with Gasteiger partial charge in [0.1, 0.15) is 11.6 Å². The van der Waals surface area contributed by atoms with Gasteiger partial charge in [-0.05, 0) is 17.7 Å². The number of benzene rings is 2. The molecule has 3 nitrogen and oxygen atoms in total. The van der Waals surface area contributed by atoms with Crippen LogP contribution in [0.3, 0.4) is 0 Å². The Morgan fingerprint density at radius 2 is 1.80 bits per heavy atom. The number of nitrogens with one attached hydrogen (secondary N) is 1. The molecule has 8 heteroatoms. The van der Waals surface area contributed by atoms with Crippen molar-refractivity contribution in [3.63, 3.8) is 0 Å². The summed E-state index contributed by atoms with van der Waals surface area (Å²) in [4.78, 5) is 0. The van der Waals surface area contributed by atoms with Gasteiger partial charge in [0.05, 0.1) is 17.7 Å². The highest BCUT2D eigenvalue weighted by molar-refractivity contribution is 5.26. The Bertz CT molecular complexity index is 720. The molecular weight excluding hydrogens is 343 g/mol. The Kier molecular flexibility index (Phi) is 6.10. The second-order valence-corrected chi connectivity index (χ2v) is 5.59. The van der Waals surface area contributed by atoms with E-state index in [2.05, 4.69) is 5.32 Å². The van der Waals surface area contributed by atoms with Gasteiger partial charge in [-0.25, -0.2) is 8.78 Å². The van der Waals surface area contributed by atoms with Crippen LogP contribution in [0.2, 0.25) is 0 Å². The molecule has 2 atom stereocenters. The zero-order valence-corrected chi connectivity index (χ0v) is 13.0. The van der Waals surface area contributed by atoms with E-state index in [-0.39, 0.29) is 18.7 Å². The second kappa shape index (κ2) is 7.90. The van der Waals surface area contributed by atoms with Gasteiger partial charge >= 0.3 is 6.18 Å². The molecule has 0 amide bonds. The van der Waals surface area contributed by atoms with Crippen LogP contribution in [0.5, 0.6) is 0 Å². The zero-order valence-electron chi connectivity index (χ0n) is 13.0. The van der Waals surface area contributed by atoms with Crippen LogP contribution in [0, 0.1) is 11.6 Å². The monoisotopic (exact) mass is 360 g/mol. The van der Waals surface area contributed by atoms with Gasteiger partial charge in [-0.2, -0.15) is 13.2 Å². The van der Waals surface area contributed by atoms with Crippen LogP contribution in [0.1, 0.15) is 22.7 Å². The van der Waals surface area contributed by atoms with Crippen molar-refractivity contribution in [3.8, 4) is 0 Å². The highest BCUT2D eigenvalue weighted by Gasteiger charge is 2.30. The molecule has 0 aliphatic carbocycles. The number of alkyl halides is 3. The molecule has 4 N–H and O–H groups in total. The van der Waals surface area contributed by atoms with Crippen molar-refractivity contribution in [1.82, 2.24) is 5.32 Å². The fourth-order valence-corrected chi connectivity index (χ4v) is 2.33. The molecule has 0 fully saturated rings. The molecule has 0 bridgehead atoms. The molecule has 0 saturated carbocycles. The van der Waals surface area contributed by atoms with E-state index >= 15 is 0 Å². The fraction of sp³-hybridized carbons (Fsp3) is 0.294. The number of aliphatic hydroxyl groups is 1. The lowest BCUT2D eigenvalue weighted by atomic mass is 10.0. The van der Waals surface area contributed by atoms with Crippen LogP contribution in [0.15, 0.2) is 42.5 Å². The van der Waals surface area contributed by atoms with Crippen molar-refractivity contribution in [2.45, 2.75) is 24.9 Å². The molecular formula is C17H17F5N2O. The lowest BCUT2D eigenvalue weighted by Crippen LogP contribution is -2.36. The van der Waals surface area contributed by atoms with Crippen LogP contribution in [-0.4, -0.2) is 17.8 Å². The molecule has 0 heterocycles. The van der Waals surface area contributed by atoms with E-state index in [1.807, 2.05) is 0 Å². The first-order valence-electron chi connectivity index (χ1n) is 7.44. The van der Waals surface area contributed by atoms with Gasteiger partial charge < -0.3 is 16.2 Å². The van der Waals surface area contributed by atoms with Crippen molar-refractivity contribution in [2.24, 2.45) is 5.73 Å². The summed E-state index contributed by atoms with van der Waals surface area (Å²) in [6, 6.07) is 6.49. The Hall–Kier alpha value is -2.03. The summed E-state index contributed by atoms with van der Waals surface area (Å²) >= 11 is 0. The first kappa shape index (κ1) is 19.3. The minimum atomic E-state index is -4.43. The topological polar surface area (TPSA) is 58.3 Å². The Balaban J connectivity index is 1.93. The molecule has 0 unspecified atom stereocenters. The maximum absolute atomic E-state index is 13.6. The smallest absolute Gasteiger partial charge is 0.390 e. The van der Waals surface area contributed by atoms with E-state index < -0.39 is 35.5 Å². The third kappa shape index (κ3) is 5.22. The maximum Gasteiger partial charge on any atom is 0.416 e. The Morgan fingerprint density at radius 3 is 2.44 bits per heavy atom. The number of hydrogen-bond donors (Lipinski definition) is 3. The molecule has 25 heavy (non-hydrogen) atoms. The van der Waals surface area contributed by atoms with Crippen molar-refractivity contribution in [3.05, 3.63) is 70.8 Å². The summed E-state index contributed by atoms with van der Waals surface area (Å²) in [6.07, 6.45) is -5.64. The number of rotatable bonds is 6. The van der Waals surface area contributed by atoms with Crippen LogP contribution in [-0.2, 0) is 12.7 Å². The molecule has 0 saturated heterocycles. The van der Waals surface area contributed by atoms with Crippen LogP contribution in [0.25, 0.3) is 0 Å². The van der Waals surface area contributed by atoms with Crippen LogP contribution in [0.4, 0.5) is 22.0 Å². The molecule has 0 aliphatic heterocycles. The third-order valence-corrected chi connectivity index (χ3v) is 3.67. The maximum atomic E-state index is 13.6. The van der Waals surface area contributed by atoms with Gasteiger partial charge in [0.2, 0.25) is 0 Å². The number of nitrogens with two attached hydrogens (primary N) is 1. The second-order valence-electron chi connectivity index (χ2n) is 5.59. The normalized spacial score (nSPS) is 14.4. The van der Waals surface area contributed by atoms with Crippen molar-refractivity contribution < 1.29 is 27.1 Å². The fourth-order valence-electron chi connectivity index (χ4n) is 2.33. The summed E-state index contributed by atoms with van der Waals surface area (Å²) in [5, 5.41) is 12.8. The van der Waals surface area contributed by atoms with E-state index in [4.69, 9.17) is 5.73 Å². The van der Waals surface area contributed by atoms with Gasteiger partial charge in [-0.3, -0.25) is 0 Å². The third-order valence-electron chi connectivity index (χ3n) is 3.67. The predicted molar refractivity (Wildman–Crippen MR) is 82.4 cm³/mol. The van der Waals surface area contributed by atoms with E-state index in [9.17, 15) is 27.1 Å². The quantitative estimate of drug-likeness (QED) is 0.694. The number of halogens is 5. The molecule has 0 aliphatic rings. The summed E-state index contributed by atoms with van der Waals surface area (Å²) in [5.74, 6) is -1.63. The first-order chi connectivity index (χ1) is 11.7. The largest absolute Gasteiger partial charge is 0.416 e. The van der Waals surface area contributed by atoms with Crippen LogP contribution >= 0.6 is 0 Å².